The average molecular weight is 675 g/mol. The van der Waals surface area contributed by atoms with Gasteiger partial charge in [0.1, 0.15) is 29.2 Å². The van der Waals surface area contributed by atoms with Gasteiger partial charge in [0.25, 0.3) is 0 Å². The summed E-state index contributed by atoms with van der Waals surface area (Å²) in [6.07, 6.45) is -0.438. The van der Waals surface area contributed by atoms with Crippen LogP contribution in [0, 0.1) is 17.2 Å². The van der Waals surface area contributed by atoms with E-state index in [4.69, 9.17) is 14.7 Å². The summed E-state index contributed by atoms with van der Waals surface area (Å²) < 4.78 is 40.8. The highest BCUT2D eigenvalue weighted by Crippen LogP contribution is 2.29. The van der Waals surface area contributed by atoms with E-state index in [1.54, 1.807) is 61.4 Å². The summed E-state index contributed by atoms with van der Waals surface area (Å²) in [5.41, 5.74) is 1.08. The molecule has 1 aliphatic rings. The molecule has 2 atom stereocenters. The first-order valence-corrected chi connectivity index (χ1v) is 17.2. The first kappa shape index (κ1) is 33.6. The Labute approximate surface area is 277 Å². The van der Waals surface area contributed by atoms with E-state index in [9.17, 15) is 22.8 Å². The molecular weight excluding hydrogens is 641 g/mol. The van der Waals surface area contributed by atoms with Crippen molar-refractivity contribution < 1.29 is 32.3 Å². The van der Waals surface area contributed by atoms with Crippen LogP contribution in [-0.2, 0) is 42.2 Å². The maximum Gasteiger partial charge on any atom is 0.411 e. The smallest absolute Gasteiger partial charge is 0.411 e. The van der Waals surface area contributed by atoms with E-state index in [2.05, 4.69) is 16.1 Å². The lowest BCUT2D eigenvalue weighted by Crippen LogP contribution is -2.50. The molecule has 1 aromatic heterocycles. The number of nitrogens with zero attached hydrogens (tertiary/aromatic N) is 2. The van der Waals surface area contributed by atoms with Crippen LogP contribution in [0.1, 0.15) is 43.2 Å². The molecule has 0 saturated carbocycles. The van der Waals surface area contributed by atoms with Crippen LogP contribution in [0.4, 0.5) is 10.5 Å². The normalized spacial score (nSPS) is 15.7. The van der Waals surface area contributed by atoms with Gasteiger partial charge in [0.2, 0.25) is 15.9 Å². The number of carbonyl (C=O) groups is 3. The molecule has 0 aliphatic carbocycles. The Balaban J connectivity index is 1.34. The van der Waals surface area contributed by atoms with Crippen LogP contribution in [0.3, 0.4) is 0 Å². The number of sulfonamides is 1. The van der Waals surface area contributed by atoms with Crippen molar-refractivity contribution in [2.24, 2.45) is 5.92 Å². The molecule has 1 unspecified atom stereocenters. The number of ether oxygens (including phenoxy) is 2. The molecule has 47 heavy (non-hydrogen) atoms. The number of likely N-dealkylation sites (tertiary alicyclic amines) is 1. The van der Waals surface area contributed by atoms with Gasteiger partial charge in [0, 0.05) is 18.8 Å². The van der Waals surface area contributed by atoms with Crippen LogP contribution < -0.4 is 10.0 Å². The minimum absolute atomic E-state index is 0.0878. The lowest BCUT2D eigenvalue weighted by molar-refractivity contribution is -0.160. The quantitative estimate of drug-likeness (QED) is 0.207. The van der Waals surface area contributed by atoms with Crippen LogP contribution in [0.25, 0.3) is 10.8 Å². The van der Waals surface area contributed by atoms with E-state index in [0.29, 0.717) is 27.9 Å². The summed E-state index contributed by atoms with van der Waals surface area (Å²) >= 11 is 1.27. The fourth-order valence-electron chi connectivity index (χ4n) is 5.21. The standard InChI is InChI=1S/C34H34N4O7S2/c1-34(2,3)45-32(40)30(29-13-14-38(31(29)39)19-23-15-27(18-35)46-21-23)37-47(42,43)28-12-10-24-9-11-26(16-25(24)17-28)36-33(41)44-20-22-7-5-4-6-8-22/h4-12,15-17,21,29-30,37H,13-14,19-20H2,1-3H3,(H,36,41)/t29-,30?/m0/s1. The molecule has 1 aliphatic heterocycles. The number of amides is 2. The van der Waals surface area contributed by atoms with Gasteiger partial charge in [-0.15, -0.1) is 11.3 Å². The third-order valence-corrected chi connectivity index (χ3v) is 9.73. The molecule has 2 N–H and O–H groups in total. The van der Waals surface area contributed by atoms with Crippen molar-refractivity contribution >= 4 is 55.8 Å². The molecule has 2 amide bonds. The van der Waals surface area contributed by atoms with Gasteiger partial charge >= 0.3 is 12.1 Å². The number of rotatable bonds is 10. The largest absolute Gasteiger partial charge is 0.459 e. The number of hydrogen-bond donors (Lipinski definition) is 2. The third kappa shape index (κ3) is 8.53. The van der Waals surface area contributed by atoms with Crippen molar-refractivity contribution in [2.45, 2.75) is 56.9 Å². The van der Waals surface area contributed by atoms with Gasteiger partial charge in [-0.2, -0.15) is 9.98 Å². The van der Waals surface area contributed by atoms with Crippen molar-refractivity contribution in [1.29, 1.82) is 5.26 Å². The van der Waals surface area contributed by atoms with E-state index in [1.807, 2.05) is 30.3 Å². The van der Waals surface area contributed by atoms with Crippen LogP contribution >= 0.6 is 11.3 Å². The fourth-order valence-corrected chi connectivity index (χ4v) is 7.16. The average Bonchev–Trinajstić information content (AvgIpc) is 3.64. The summed E-state index contributed by atoms with van der Waals surface area (Å²) in [6.45, 7) is 5.62. The van der Waals surface area contributed by atoms with Gasteiger partial charge in [-0.05, 0) is 84.8 Å². The number of esters is 1. The van der Waals surface area contributed by atoms with E-state index in [1.165, 1.54) is 23.5 Å². The Morgan fingerprint density at radius 2 is 1.79 bits per heavy atom. The van der Waals surface area contributed by atoms with Crippen molar-refractivity contribution in [3.63, 3.8) is 0 Å². The van der Waals surface area contributed by atoms with E-state index < -0.39 is 39.6 Å². The van der Waals surface area contributed by atoms with E-state index in [-0.39, 0.29) is 30.4 Å². The molecule has 244 valence electrons. The molecule has 0 spiro atoms. The highest BCUT2D eigenvalue weighted by molar-refractivity contribution is 7.89. The summed E-state index contributed by atoms with van der Waals surface area (Å²) in [5.74, 6) is -2.24. The molecule has 1 fully saturated rings. The van der Waals surface area contributed by atoms with Gasteiger partial charge in [-0.3, -0.25) is 14.9 Å². The molecule has 1 saturated heterocycles. The third-order valence-electron chi connectivity index (χ3n) is 7.40. The van der Waals surface area contributed by atoms with Crippen LogP contribution in [0.2, 0.25) is 0 Å². The number of thiophene rings is 1. The number of hydrogen-bond acceptors (Lipinski definition) is 9. The second-order valence-electron chi connectivity index (χ2n) is 12.1. The molecule has 4 aromatic rings. The van der Waals surface area contributed by atoms with E-state index in [0.717, 1.165) is 11.1 Å². The summed E-state index contributed by atoms with van der Waals surface area (Å²) in [6, 6.07) is 21.0. The number of fused-ring (bicyclic) bond motifs is 1. The van der Waals surface area contributed by atoms with Crippen molar-refractivity contribution in [1.82, 2.24) is 9.62 Å². The number of carbonyl (C=O) groups excluding carboxylic acids is 3. The molecule has 5 rings (SSSR count). The number of nitrogens with one attached hydrogen (secondary N) is 2. The lowest BCUT2D eigenvalue weighted by atomic mass is 9.99. The molecule has 3 aromatic carbocycles. The predicted molar refractivity (Wildman–Crippen MR) is 177 cm³/mol. The van der Waals surface area contributed by atoms with Gasteiger partial charge in [0.15, 0.2) is 0 Å². The second-order valence-corrected chi connectivity index (χ2v) is 14.8. The van der Waals surface area contributed by atoms with Crippen molar-refractivity contribution in [3.05, 3.63) is 94.2 Å². The maximum atomic E-state index is 13.7. The summed E-state index contributed by atoms with van der Waals surface area (Å²) in [5, 5.41) is 14.8. The minimum atomic E-state index is -4.33. The topological polar surface area (TPSA) is 155 Å². The van der Waals surface area contributed by atoms with Gasteiger partial charge in [-0.25, -0.2) is 13.2 Å². The molecular formula is C34H34N4O7S2. The first-order valence-electron chi connectivity index (χ1n) is 14.8. The zero-order chi connectivity index (χ0) is 33.8. The lowest BCUT2D eigenvalue weighted by Gasteiger charge is -2.27. The van der Waals surface area contributed by atoms with Crippen molar-refractivity contribution in [3.8, 4) is 6.07 Å². The highest BCUT2D eigenvalue weighted by Gasteiger charge is 2.44. The van der Waals surface area contributed by atoms with Crippen LogP contribution in [-0.4, -0.2) is 49.5 Å². The van der Waals surface area contributed by atoms with Gasteiger partial charge in [-0.1, -0.05) is 42.5 Å². The predicted octanol–water partition coefficient (Wildman–Crippen LogP) is 5.56. The molecule has 0 radical (unpaired) electrons. The Kier molecular flexibility index (Phi) is 9.95. The zero-order valence-corrected chi connectivity index (χ0v) is 27.7. The maximum absolute atomic E-state index is 13.7. The monoisotopic (exact) mass is 674 g/mol. The number of anilines is 1. The molecule has 11 nitrogen and oxygen atoms in total. The number of nitriles is 1. The second kappa shape index (κ2) is 13.9. The van der Waals surface area contributed by atoms with Gasteiger partial charge in [0.05, 0.1) is 10.8 Å². The van der Waals surface area contributed by atoms with Crippen LogP contribution in [0.5, 0.6) is 0 Å². The summed E-state index contributed by atoms with van der Waals surface area (Å²) in [7, 11) is -4.33. The molecule has 13 heteroatoms. The van der Waals surface area contributed by atoms with Crippen molar-refractivity contribution in [2.75, 3.05) is 11.9 Å². The Morgan fingerprint density at radius 1 is 1.04 bits per heavy atom. The molecule has 2 heterocycles. The number of benzene rings is 3. The van der Waals surface area contributed by atoms with E-state index >= 15 is 0 Å². The zero-order valence-electron chi connectivity index (χ0n) is 26.1. The van der Waals surface area contributed by atoms with Crippen LogP contribution in [0.15, 0.2) is 83.1 Å². The Bertz CT molecular complexity index is 1950. The molecule has 0 bridgehead atoms. The Morgan fingerprint density at radius 3 is 2.49 bits per heavy atom. The summed E-state index contributed by atoms with van der Waals surface area (Å²) in [4.78, 5) is 41.3. The SMILES string of the molecule is CC(C)(C)OC(=O)C(NS(=O)(=O)c1ccc2ccc(NC(=O)OCc3ccccc3)cc2c1)[C@@H]1CCN(Cc2csc(C#N)c2)C1=O. The fraction of sp³-hybridized carbons (Fsp3) is 0.294. The first-order chi connectivity index (χ1) is 22.3. The van der Waals surface area contributed by atoms with Gasteiger partial charge < -0.3 is 14.4 Å². The highest BCUT2D eigenvalue weighted by atomic mass is 32.2. The Hall–Kier alpha value is -4.77. The minimum Gasteiger partial charge on any atom is -0.459 e.